The van der Waals surface area contributed by atoms with Crippen molar-refractivity contribution in [3.63, 3.8) is 0 Å². The molecule has 1 fully saturated rings. The number of hydrogen-bond donors (Lipinski definition) is 1. The Morgan fingerprint density at radius 3 is 2.55 bits per heavy atom. The molecule has 0 bridgehead atoms. The van der Waals surface area contributed by atoms with Gasteiger partial charge in [0.2, 0.25) is 0 Å². The number of rotatable bonds is 3. The van der Waals surface area contributed by atoms with Crippen molar-refractivity contribution in [1.82, 2.24) is 20.1 Å². The van der Waals surface area contributed by atoms with Gasteiger partial charge in [0.25, 0.3) is 11.5 Å². The lowest BCUT2D eigenvalue weighted by Crippen LogP contribution is -2.41. The predicted octanol–water partition coefficient (Wildman–Crippen LogP) is 3.68. The van der Waals surface area contributed by atoms with Crippen molar-refractivity contribution in [1.29, 1.82) is 0 Å². The van der Waals surface area contributed by atoms with Crippen LogP contribution in [0.5, 0.6) is 0 Å². The molecule has 2 unspecified atom stereocenters. The van der Waals surface area contributed by atoms with E-state index in [0.29, 0.717) is 45.2 Å². The molecule has 0 spiro atoms. The van der Waals surface area contributed by atoms with Gasteiger partial charge in [0.1, 0.15) is 9.88 Å². The van der Waals surface area contributed by atoms with Crippen LogP contribution in [0.3, 0.4) is 0 Å². The van der Waals surface area contributed by atoms with Crippen LogP contribution in [0.1, 0.15) is 52.3 Å². The van der Waals surface area contributed by atoms with Gasteiger partial charge in [0.15, 0.2) is 0 Å². The summed E-state index contributed by atoms with van der Waals surface area (Å²) in [5, 5.41) is 7.28. The van der Waals surface area contributed by atoms with E-state index in [4.69, 9.17) is 0 Å². The Labute approximate surface area is 170 Å². The fourth-order valence-electron chi connectivity index (χ4n) is 3.68. The highest BCUT2D eigenvalue weighted by Crippen LogP contribution is 2.38. The Hall–Kier alpha value is -2.23. The molecule has 0 saturated heterocycles. The van der Waals surface area contributed by atoms with Gasteiger partial charge in [-0.1, -0.05) is 6.42 Å². The van der Waals surface area contributed by atoms with Crippen LogP contribution in [0, 0.1) is 26.7 Å². The Kier molecular flexibility index (Phi) is 5.84. The standard InChI is InChI=1S/C19H23F3N4O2S/c1-9-10(2)25-26(4)18(28)14(9)17-23-11(3)15(29-17)16(27)24-13-7-5-6-12(8-13)19(20,21)22/h12-13H,5-8H2,1-4H3,(H,24,27). The van der Waals surface area contributed by atoms with Gasteiger partial charge in [-0.25, -0.2) is 9.67 Å². The van der Waals surface area contributed by atoms with E-state index in [0.717, 1.165) is 11.3 Å². The molecule has 1 aliphatic carbocycles. The maximum Gasteiger partial charge on any atom is 0.391 e. The van der Waals surface area contributed by atoms with E-state index in [2.05, 4.69) is 15.4 Å². The molecule has 1 N–H and O–H groups in total. The quantitative estimate of drug-likeness (QED) is 0.809. The Morgan fingerprint density at radius 1 is 1.21 bits per heavy atom. The minimum absolute atomic E-state index is 0.101. The molecule has 29 heavy (non-hydrogen) atoms. The first-order valence-electron chi connectivity index (χ1n) is 9.39. The lowest BCUT2D eigenvalue weighted by molar-refractivity contribution is -0.183. The van der Waals surface area contributed by atoms with E-state index in [1.165, 1.54) is 4.68 Å². The summed E-state index contributed by atoms with van der Waals surface area (Å²) in [5.74, 6) is -1.83. The van der Waals surface area contributed by atoms with Crippen LogP contribution in [0.2, 0.25) is 0 Å². The highest BCUT2D eigenvalue weighted by molar-refractivity contribution is 7.17. The van der Waals surface area contributed by atoms with Gasteiger partial charge < -0.3 is 5.32 Å². The predicted molar refractivity (Wildman–Crippen MR) is 104 cm³/mol. The Bertz CT molecular complexity index is 997. The first-order chi connectivity index (χ1) is 13.5. The molecule has 1 saturated carbocycles. The summed E-state index contributed by atoms with van der Waals surface area (Å²) in [5.41, 5.74) is 1.90. The summed E-state index contributed by atoms with van der Waals surface area (Å²) in [4.78, 5) is 30.0. The number of alkyl halides is 3. The zero-order valence-corrected chi connectivity index (χ0v) is 17.5. The van der Waals surface area contributed by atoms with Crippen molar-refractivity contribution in [3.05, 3.63) is 32.2 Å². The van der Waals surface area contributed by atoms with E-state index >= 15 is 0 Å². The molecule has 2 aromatic heterocycles. The smallest absolute Gasteiger partial charge is 0.349 e. The van der Waals surface area contributed by atoms with Gasteiger partial charge in [-0.3, -0.25) is 9.59 Å². The fraction of sp³-hybridized carbons (Fsp3) is 0.579. The number of aryl methyl sites for hydroxylation is 3. The normalized spacial score (nSPS) is 20.0. The summed E-state index contributed by atoms with van der Waals surface area (Å²) in [7, 11) is 1.55. The Balaban J connectivity index is 1.85. The molecule has 158 valence electrons. The average molecular weight is 428 g/mol. The van der Waals surface area contributed by atoms with Gasteiger partial charge in [0, 0.05) is 13.1 Å². The number of nitrogens with one attached hydrogen (secondary N) is 1. The molecular formula is C19H23F3N4O2S. The zero-order chi connectivity index (χ0) is 21.5. The summed E-state index contributed by atoms with van der Waals surface area (Å²) >= 11 is 1.07. The van der Waals surface area contributed by atoms with Crippen molar-refractivity contribution < 1.29 is 18.0 Å². The fourth-order valence-corrected chi connectivity index (χ4v) is 4.75. The van der Waals surface area contributed by atoms with Crippen LogP contribution in [0.25, 0.3) is 10.6 Å². The van der Waals surface area contributed by atoms with Crippen molar-refractivity contribution in [2.45, 2.75) is 58.7 Å². The summed E-state index contributed by atoms with van der Waals surface area (Å²) in [6, 6.07) is -0.523. The monoisotopic (exact) mass is 428 g/mol. The molecule has 2 atom stereocenters. The molecule has 0 aromatic carbocycles. The number of carbonyl (C=O) groups excluding carboxylic acids is 1. The number of halogens is 3. The average Bonchev–Trinajstić information content (AvgIpc) is 3.01. The summed E-state index contributed by atoms with van der Waals surface area (Å²) < 4.78 is 40.3. The van der Waals surface area contributed by atoms with E-state index in [9.17, 15) is 22.8 Å². The summed E-state index contributed by atoms with van der Waals surface area (Å²) in [6.07, 6.45) is -3.31. The molecule has 2 heterocycles. The van der Waals surface area contributed by atoms with E-state index in [1.807, 2.05) is 0 Å². The molecule has 1 amide bonds. The van der Waals surface area contributed by atoms with E-state index in [-0.39, 0.29) is 18.4 Å². The third-order valence-electron chi connectivity index (χ3n) is 5.41. The first kappa shape index (κ1) is 21.5. The number of aromatic nitrogens is 3. The largest absolute Gasteiger partial charge is 0.391 e. The molecule has 6 nitrogen and oxygen atoms in total. The van der Waals surface area contributed by atoms with Crippen molar-refractivity contribution in [3.8, 4) is 10.6 Å². The Morgan fingerprint density at radius 2 is 1.90 bits per heavy atom. The maximum absolute atomic E-state index is 13.0. The van der Waals surface area contributed by atoms with E-state index < -0.39 is 24.0 Å². The van der Waals surface area contributed by atoms with Crippen LogP contribution in [0.4, 0.5) is 13.2 Å². The number of amides is 1. The van der Waals surface area contributed by atoms with Gasteiger partial charge in [-0.2, -0.15) is 18.3 Å². The molecule has 2 aromatic rings. The molecule has 0 aliphatic heterocycles. The number of carbonyl (C=O) groups is 1. The lowest BCUT2D eigenvalue weighted by Gasteiger charge is -2.30. The van der Waals surface area contributed by atoms with Crippen LogP contribution >= 0.6 is 11.3 Å². The van der Waals surface area contributed by atoms with Crippen molar-refractivity contribution in [2.75, 3.05) is 0 Å². The molecule has 10 heteroatoms. The van der Waals surface area contributed by atoms with Gasteiger partial charge in [0.05, 0.1) is 22.9 Å². The van der Waals surface area contributed by atoms with Crippen LogP contribution in [0.15, 0.2) is 4.79 Å². The highest BCUT2D eigenvalue weighted by atomic mass is 32.1. The van der Waals surface area contributed by atoms with Crippen molar-refractivity contribution in [2.24, 2.45) is 13.0 Å². The lowest BCUT2D eigenvalue weighted by atomic mass is 9.85. The second-order valence-electron chi connectivity index (χ2n) is 7.52. The summed E-state index contributed by atoms with van der Waals surface area (Å²) in [6.45, 7) is 5.21. The van der Waals surface area contributed by atoms with E-state index in [1.54, 1.807) is 27.8 Å². The van der Waals surface area contributed by atoms with Crippen molar-refractivity contribution >= 4 is 17.2 Å². The molecule has 1 aliphatic rings. The second-order valence-corrected chi connectivity index (χ2v) is 8.52. The SMILES string of the molecule is Cc1nc(-c2c(C)c(C)nn(C)c2=O)sc1C(=O)NC1CCCC(C(F)(F)F)C1. The van der Waals surface area contributed by atoms with Gasteiger partial charge in [-0.05, 0) is 45.6 Å². The van der Waals surface area contributed by atoms with Crippen LogP contribution in [-0.4, -0.2) is 32.9 Å². The third-order valence-corrected chi connectivity index (χ3v) is 6.59. The number of hydrogen-bond acceptors (Lipinski definition) is 5. The number of nitrogens with zero attached hydrogens (tertiary/aromatic N) is 3. The topological polar surface area (TPSA) is 76.9 Å². The third kappa shape index (κ3) is 4.36. The van der Waals surface area contributed by atoms with Crippen LogP contribution in [-0.2, 0) is 7.05 Å². The van der Waals surface area contributed by atoms with Gasteiger partial charge in [-0.15, -0.1) is 11.3 Å². The second kappa shape index (κ2) is 7.89. The zero-order valence-electron chi connectivity index (χ0n) is 16.7. The minimum atomic E-state index is -4.24. The highest BCUT2D eigenvalue weighted by Gasteiger charge is 2.42. The first-order valence-corrected chi connectivity index (χ1v) is 10.2. The molecular weight excluding hydrogens is 405 g/mol. The molecule has 3 rings (SSSR count). The van der Waals surface area contributed by atoms with Gasteiger partial charge >= 0.3 is 6.18 Å². The minimum Gasteiger partial charge on any atom is -0.349 e. The van der Waals surface area contributed by atoms with Crippen LogP contribution < -0.4 is 10.9 Å². The number of thiazole rings is 1. The molecule has 0 radical (unpaired) electrons. The maximum atomic E-state index is 13.0.